The minimum Gasteiger partial charge on any atom is -0.317 e. The minimum absolute atomic E-state index is 0.187. The van der Waals surface area contributed by atoms with Crippen LogP contribution in [0.25, 0.3) is 0 Å². The van der Waals surface area contributed by atoms with Gasteiger partial charge in [-0.1, -0.05) is 0 Å². The number of hydrogen-bond donors (Lipinski definition) is 2. The number of rotatable bonds is 2. The third-order valence-corrected chi connectivity index (χ3v) is 2.45. The van der Waals surface area contributed by atoms with Crippen LogP contribution < -0.4 is 11.1 Å². The van der Waals surface area contributed by atoms with Crippen LogP contribution in [0.1, 0.15) is 24.2 Å². The summed E-state index contributed by atoms with van der Waals surface area (Å²) in [5, 5.41) is 2.64. The summed E-state index contributed by atoms with van der Waals surface area (Å²) in [4.78, 5) is 19.8. The molecule has 0 unspecified atom stereocenters. The number of nitrogens with zero attached hydrogens (tertiary/aromatic N) is 2. The van der Waals surface area contributed by atoms with Gasteiger partial charge in [-0.25, -0.2) is 9.97 Å². The number of anilines is 1. The molecule has 0 spiro atoms. The van der Waals surface area contributed by atoms with E-state index in [1.165, 1.54) is 0 Å². The van der Waals surface area contributed by atoms with E-state index >= 15 is 0 Å². The van der Waals surface area contributed by atoms with Crippen LogP contribution in [0, 0.1) is 13.8 Å². The molecule has 15 heavy (non-hydrogen) atoms. The molecule has 80 valence electrons. The lowest BCUT2D eigenvalue weighted by Crippen LogP contribution is -2.38. The van der Waals surface area contributed by atoms with Gasteiger partial charge in [0.25, 0.3) is 0 Å². The molecule has 1 aliphatic carbocycles. The van der Waals surface area contributed by atoms with Crippen molar-refractivity contribution in [2.75, 3.05) is 5.32 Å². The van der Waals surface area contributed by atoms with Gasteiger partial charge in [-0.05, 0) is 32.8 Å². The van der Waals surface area contributed by atoms with Crippen molar-refractivity contribution in [1.82, 2.24) is 9.97 Å². The van der Waals surface area contributed by atoms with Crippen LogP contribution in [0.4, 0.5) is 5.95 Å². The predicted octanol–water partition coefficient (Wildman–Crippen LogP) is 0.523. The molecule has 0 aromatic carbocycles. The second-order valence-corrected chi connectivity index (χ2v) is 4.08. The van der Waals surface area contributed by atoms with E-state index in [4.69, 9.17) is 5.73 Å². The summed E-state index contributed by atoms with van der Waals surface area (Å²) < 4.78 is 0. The molecule has 0 radical (unpaired) electrons. The van der Waals surface area contributed by atoms with E-state index in [0.29, 0.717) is 5.95 Å². The summed E-state index contributed by atoms with van der Waals surface area (Å²) in [6.45, 7) is 3.72. The molecule has 0 bridgehead atoms. The average molecular weight is 206 g/mol. The molecule has 3 N–H and O–H groups in total. The third-order valence-electron chi connectivity index (χ3n) is 2.45. The van der Waals surface area contributed by atoms with Crippen molar-refractivity contribution >= 4 is 11.9 Å². The number of amides is 1. The van der Waals surface area contributed by atoms with Crippen LogP contribution in [-0.4, -0.2) is 21.4 Å². The Bertz CT molecular complexity index is 392. The molecule has 5 nitrogen and oxygen atoms in total. The zero-order chi connectivity index (χ0) is 11.1. The molecule has 2 rings (SSSR count). The normalized spacial score (nSPS) is 17.3. The molecule has 1 aliphatic rings. The number of carbonyl (C=O) groups is 1. The number of aromatic nitrogens is 2. The van der Waals surface area contributed by atoms with E-state index in [-0.39, 0.29) is 5.91 Å². The third kappa shape index (κ3) is 2.12. The predicted molar refractivity (Wildman–Crippen MR) is 56.3 cm³/mol. The molecular formula is C10H14N4O. The van der Waals surface area contributed by atoms with E-state index in [2.05, 4.69) is 15.3 Å². The SMILES string of the molecule is Cc1cc(C)nc(NC(=O)C2(N)CC2)n1. The Morgan fingerprint density at radius 1 is 1.40 bits per heavy atom. The second-order valence-electron chi connectivity index (χ2n) is 4.08. The lowest BCUT2D eigenvalue weighted by molar-refractivity contribution is -0.118. The van der Waals surface area contributed by atoms with Gasteiger partial charge in [-0.2, -0.15) is 0 Å². The molecule has 5 heteroatoms. The van der Waals surface area contributed by atoms with Gasteiger partial charge >= 0.3 is 0 Å². The van der Waals surface area contributed by atoms with Crippen molar-refractivity contribution in [3.8, 4) is 0 Å². The zero-order valence-electron chi connectivity index (χ0n) is 8.87. The van der Waals surface area contributed by atoms with E-state index in [1.54, 1.807) is 0 Å². The molecule has 1 aromatic heterocycles. The van der Waals surface area contributed by atoms with Gasteiger partial charge < -0.3 is 5.73 Å². The number of hydrogen-bond acceptors (Lipinski definition) is 4. The van der Waals surface area contributed by atoms with Crippen LogP contribution in [0.3, 0.4) is 0 Å². The first-order chi connectivity index (χ1) is 6.99. The Balaban J connectivity index is 2.13. The number of nitrogens with one attached hydrogen (secondary N) is 1. The first-order valence-corrected chi connectivity index (χ1v) is 4.92. The fourth-order valence-corrected chi connectivity index (χ4v) is 1.37. The highest BCUT2D eigenvalue weighted by Gasteiger charge is 2.46. The Hall–Kier alpha value is -1.49. The first kappa shape index (κ1) is 10.0. The van der Waals surface area contributed by atoms with Crippen LogP contribution >= 0.6 is 0 Å². The van der Waals surface area contributed by atoms with Gasteiger partial charge in [-0.15, -0.1) is 0 Å². The van der Waals surface area contributed by atoms with E-state index in [1.807, 2.05) is 19.9 Å². The van der Waals surface area contributed by atoms with Crippen LogP contribution in [0.5, 0.6) is 0 Å². The summed E-state index contributed by atoms with van der Waals surface area (Å²) >= 11 is 0. The van der Waals surface area contributed by atoms with Crippen molar-refractivity contribution in [2.24, 2.45) is 5.73 Å². The van der Waals surface area contributed by atoms with Crippen LogP contribution in [0.2, 0.25) is 0 Å². The Morgan fingerprint density at radius 2 is 1.93 bits per heavy atom. The van der Waals surface area contributed by atoms with Crippen molar-refractivity contribution < 1.29 is 4.79 Å². The Morgan fingerprint density at radius 3 is 2.40 bits per heavy atom. The fraction of sp³-hybridized carbons (Fsp3) is 0.500. The number of nitrogens with two attached hydrogens (primary N) is 1. The Labute approximate surface area is 88.1 Å². The molecule has 1 heterocycles. The molecule has 1 fully saturated rings. The van der Waals surface area contributed by atoms with Gasteiger partial charge in [0.15, 0.2) is 0 Å². The second kappa shape index (κ2) is 3.27. The fourth-order valence-electron chi connectivity index (χ4n) is 1.37. The molecule has 0 saturated heterocycles. The first-order valence-electron chi connectivity index (χ1n) is 4.92. The van der Waals surface area contributed by atoms with Crippen LogP contribution in [-0.2, 0) is 4.79 Å². The van der Waals surface area contributed by atoms with E-state index in [0.717, 1.165) is 24.2 Å². The maximum absolute atomic E-state index is 11.6. The van der Waals surface area contributed by atoms with E-state index in [9.17, 15) is 4.79 Å². The number of carbonyl (C=O) groups excluding carboxylic acids is 1. The van der Waals surface area contributed by atoms with Crippen molar-refractivity contribution in [2.45, 2.75) is 32.2 Å². The highest BCUT2D eigenvalue weighted by atomic mass is 16.2. The van der Waals surface area contributed by atoms with Gasteiger partial charge in [0.2, 0.25) is 11.9 Å². The summed E-state index contributed by atoms with van der Waals surface area (Å²) in [5.41, 5.74) is 6.73. The highest BCUT2D eigenvalue weighted by molar-refractivity contribution is 5.98. The molecule has 1 amide bonds. The van der Waals surface area contributed by atoms with Gasteiger partial charge in [0.1, 0.15) is 0 Å². The maximum atomic E-state index is 11.6. The summed E-state index contributed by atoms with van der Waals surface area (Å²) in [6.07, 6.45) is 1.48. The van der Waals surface area contributed by atoms with Crippen molar-refractivity contribution in [3.05, 3.63) is 17.5 Å². The van der Waals surface area contributed by atoms with Crippen molar-refractivity contribution in [3.63, 3.8) is 0 Å². The van der Waals surface area contributed by atoms with Crippen molar-refractivity contribution in [1.29, 1.82) is 0 Å². The minimum atomic E-state index is -0.680. The van der Waals surface area contributed by atoms with Gasteiger partial charge in [-0.3, -0.25) is 10.1 Å². The van der Waals surface area contributed by atoms with E-state index < -0.39 is 5.54 Å². The quantitative estimate of drug-likeness (QED) is 0.739. The smallest absolute Gasteiger partial charge is 0.246 e. The largest absolute Gasteiger partial charge is 0.317 e. The summed E-state index contributed by atoms with van der Waals surface area (Å²) in [6, 6.07) is 1.85. The van der Waals surface area contributed by atoms with Gasteiger partial charge in [0.05, 0.1) is 5.54 Å². The zero-order valence-corrected chi connectivity index (χ0v) is 8.87. The molecule has 0 atom stereocenters. The standard InChI is InChI=1S/C10H14N4O/c1-6-5-7(2)13-9(12-6)14-8(15)10(11)3-4-10/h5H,3-4,11H2,1-2H3,(H,12,13,14,15). The molecule has 1 aromatic rings. The molecular weight excluding hydrogens is 192 g/mol. The number of aryl methyl sites for hydroxylation is 2. The highest BCUT2D eigenvalue weighted by Crippen LogP contribution is 2.32. The van der Waals surface area contributed by atoms with Gasteiger partial charge in [0, 0.05) is 11.4 Å². The molecule has 1 saturated carbocycles. The summed E-state index contributed by atoms with van der Waals surface area (Å²) in [5.74, 6) is 0.154. The summed E-state index contributed by atoms with van der Waals surface area (Å²) in [7, 11) is 0. The average Bonchev–Trinajstić information content (AvgIpc) is 2.83. The Kier molecular flexibility index (Phi) is 2.19. The maximum Gasteiger partial charge on any atom is 0.246 e. The van der Waals surface area contributed by atoms with Crippen LogP contribution in [0.15, 0.2) is 6.07 Å². The molecule has 0 aliphatic heterocycles. The topological polar surface area (TPSA) is 80.9 Å². The lowest BCUT2D eigenvalue weighted by atomic mass is 10.3. The monoisotopic (exact) mass is 206 g/mol. The lowest BCUT2D eigenvalue weighted by Gasteiger charge is -2.09.